The zero-order valence-corrected chi connectivity index (χ0v) is 18.9. The second-order valence-electron chi connectivity index (χ2n) is 7.76. The maximum absolute atomic E-state index is 13.1. The summed E-state index contributed by atoms with van der Waals surface area (Å²) in [6, 6.07) is 20.9. The third-order valence-corrected chi connectivity index (χ3v) is 5.59. The molecule has 1 amide bonds. The lowest BCUT2D eigenvalue weighted by molar-refractivity contribution is 0.0406. The summed E-state index contributed by atoms with van der Waals surface area (Å²) in [6.45, 7) is 1.33. The van der Waals surface area contributed by atoms with Crippen LogP contribution in [0.15, 0.2) is 89.9 Å². The van der Waals surface area contributed by atoms with Gasteiger partial charge in [0.25, 0.3) is 5.91 Å². The normalized spacial score (nSPS) is 17.8. The molecular formula is C26H27N3O5. The van der Waals surface area contributed by atoms with Crippen LogP contribution in [0.2, 0.25) is 0 Å². The van der Waals surface area contributed by atoms with Crippen LogP contribution in [0.1, 0.15) is 16.1 Å². The van der Waals surface area contributed by atoms with Gasteiger partial charge in [0.1, 0.15) is 18.5 Å². The number of aromatic hydroxyl groups is 1. The van der Waals surface area contributed by atoms with Gasteiger partial charge in [0, 0.05) is 31.5 Å². The quantitative estimate of drug-likeness (QED) is 0.591. The van der Waals surface area contributed by atoms with Gasteiger partial charge in [-0.3, -0.25) is 19.3 Å². The van der Waals surface area contributed by atoms with Gasteiger partial charge in [0.15, 0.2) is 11.4 Å². The Hall–Kier alpha value is -4.04. The molecule has 0 aliphatic carbocycles. The fraction of sp³-hybridized carbons (Fsp3) is 0.231. The van der Waals surface area contributed by atoms with Crippen molar-refractivity contribution in [3.05, 3.63) is 107 Å². The van der Waals surface area contributed by atoms with E-state index in [0.717, 1.165) is 11.3 Å². The molecule has 176 valence electrons. The Morgan fingerprint density at radius 2 is 1.71 bits per heavy atom. The number of methoxy groups -OCH3 is 1. The molecule has 5 rings (SSSR count). The molecule has 2 aromatic carbocycles. The van der Waals surface area contributed by atoms with Crippen LogP contribution in [-0.4, -0.2) is 53.6 Å². The summed E-state index contributed by atoms with van der Waals surface area (Å²) in [7, 11) is 1.57. The fourth-order valence-corrected chi connectivity index (χ4v) is 3.95. The van der Waals surface area contributed by atoms with Crippen LogP contribution < -0.4 is 15.2 Å². The van der Waals surface area contributed by atoms with Crippen molar-refractivity contribution in [3.8, 4) is 11.5 Å². The number of carbonyl (C=O) groups is 1. The minimum absolute atomic E-state index is 0.0501. The average molecular weight is 462 g/mol. The number of amides is 1. The monoisotopic (exact) mass is 461 g/mol. The van der Waals surface area contributed by atoms with Crippen LogP contribution in [0.4, 0.5) is 0 Å². The van der Waals surface area contributed by atoms with E-state index in [1.165, 1.54) is 16.9 Å². The molecule has 34 heavy (non-hydrogen) atoms. The van der Waals surface area contributed by atoms with E-state index in [1.807, 2.05) is 77.8 Å². The molecule has 0 radical (unpaired) electrons. The number of aromatic nitrogens is 1. The van der Waals surface area contributed by atoms with Gasteiger partial charge in [0.05, 0.1) is 13.2 Å². The average Bonchev–Trinajstić information content (AvgIpc) is 2.89. The van der Waals surface area contributed by atoms with Crippen molar-refractivity contribution < 1.29 is 19.4 Å². The number of nitrogens with zero attached hydrogens (tertiary/aromatic N) is 3. The number of hydrogen-bond acceptors (Lipinski definition) is 6. The molecule has 2 aliphatic rings. The summed E-state index contributed by atoms with van der Waals surface area (Å²) in [5.74, 6) is -0.242. The van der Waals surface area contributed by atoms with Crippen molar-refractivity contribution in [2.24, 2.45) is 0 Å². The number of rotatable bonds is 2. The van der Waals surface area contributed by atoms with Gasteiger partial charge >= 0.3 is 0 Å². The van der Waals surface area contributed by atoms with Crippen LogP contribution in [-0.2, 0) is 11.3 Å². The lowest BCUT2D eigenvalue weighted by atomic mass is 10.1. The maximum atomic E-state index is 13.1. The standard InChI is InChI=1S/C20H21N3O5.C6H6/c1-27-13-17-21-9-4-5-11-28-16-7-3-2-6-14(16)12-23(17)22-10-8-15(24)19(25)18(22)20(21)26;1-2-4-6-5-3-1/h2-8,10,17,25H,9,11-13H2,1H3;1-6H/b5-4-;/t17-;/m0./s1. The summed E-state index contributed by atoms with van der Waals surface area (Å²) in [6.07, 6.45) is 4.76. The first-order chi connectivity index (χ1) is 16.6. The summed E-state index contributed by atoms with van der Waals surface area (Å²) in [5, 5.41) is 12.2. The van der Waals surface area contributed by atoms with Gasteiger partial charge in [-0.15, -0.1) is 0 Å². The van der Waals surface area contributed by atoms with Gasteiger partial charge in [-0.1, -0.05) is 60.7 Å². The Bertz CT molecular complexity index is 1180. The summed E-state index contributed by atoms with van der Waals surface area (Å²) >= 11 is 0. The van der Waals surface area contributed by atoms with Crippen molar-refractivity contribution in [1.82, 2.24) is 9.58 Å². The molecule has 3 aromatic rings. The molecule has 1 atom stereocenters. The molecular weight excluding hydrogens is 434 g/mol. The highest BCUT2D eigenvalue weighted by molar-refractivity contribution is 5.96. The topological polar surface area (TPSA) is 84.2 Å². The first-order valence-electron chi connectivity index (χ1n) is 11.0. The molecule has 0 unspecified atom stereocenters. The number of pyridine rings is 1. The predicted molar refractivity (Wildman–Crippen MR) is 129 cm³/mol. The summed E-state index contributed by atoms with van der Waals surface area (Å²) < 4.78 is 12.8. The van der Waals surface area contributed by atoms with Gasteiger partial charge in [-0.25, -0.2) is 0 Å². The van der Waals surface area contributed by atoms with Crippen molar-refractivity contribution in [3.63, 3.8) is 0 Å². The zero-order valence-electron chi connectivity index (χ0n) is 18.9. The Labute approximate surface area is 197 Å². The molecule has 2 aliphatic heterocycles. The number of benzene rings is 2. The molecule has 3 heterocycles. The van der Waals surface area contributed by atoms with Crippen molar-refractivity contribution in [2.45, 2.75) is 12.7 Å². The molecule has 0 fully saturated rings. The van der Waals surface area contributed by atoms with E-state index < -0.39 is 23.3 Å². The maximum Gasteiger partial charge on any atom is 0.278 e. The minimum Gasteiger partial charge on any atom is -0.502 e. The van der Waals surface area contributed by atoms with E-state index in [-0.39, 0.29) is 12.3 Å². The highest BCUT2D eigenvalue weighted by Gasteiger charge is 2.39. The van der Waals surface area contributed by atoms with Gasteiger partial charge in [-0.2, -0.15) is 0 Å². The molecule has 0 spiro atoms. The number of ether oxygens (including phenoxy) is 2. The first kappa shape index (κ1) is 23.1. The number of hydrogen-bond donors (Lipinski definition) is 1. The van der Waals surface area contributed by atoms with Crippen LogP contribution in [0.25, 0.3) is 0 Å². The molecule has 0 saturated carbocycles. The molecule has 1 aromatic heterocycles. The fourth-order valence-electron chi connectivity index (χ4n) is 3.95. The summed E-state index contributed by atoms with van der Waals surface area (Å²) in [5.41, 5.74) is 0.275. The smallest absolute Gasteiger partial charge is 0.278 e. The lowest BCUT2D eigenvalue weighted by Gasteiger charge is -2.46. The first-order valence-corrected chi connectivity index (χ1v) is 11.0. The Morgan fingerprint density at radius 3 is 2.41 bits per heavy atom. The molecule has 2 bridgehead atoms. The van der Waals surface area contributed by atoms with Crippen LogP contribution in [0.5, 0.6) is 11.5 Å². The highest BCUT2D eigenvalue weighted by atomic mass is 16.5. The molecule has 0 saturated heterocycles. The second kappa shape index (κ2) is 10.7. The van der Waals surface area contributed by atoms with E-state index in [1.54, 1.807) is 12.0 Å². The van der Waals surface area contributed by atoms with Gasteiger partial charge in [-0.05, 0) is 12.1 Å². The van der Waals surface area contributed by atoms with E-state index in [4.69, 9.17) is 9.47 Å². The summed E-state index contributed by atoms with van der Waals surface area (Å²) in [4.78, 5) is 26.7. The van der Waals surface area contributed by atoms with Crippen molar-refractivity contribution in [2.75, 3.05) is 31.9 Å². The highest BCUT2D eigenvalue weighted by Crippen LogP contribution is 2.28. The van der Waals surface area contributed by atoms with E-state index in [9.17, 15) is 14.7 Å². The largest absolute Gasteiger partial charge is 0.502 e. The molecule has 8 nitrogen and oxygen atoms in total. The third kappa shape index (κ3) is 4.82. The molecule has 8 heteroatoms. The lowest BCUT2D eigenvalue weighted by Crippen LogP contribution is -2.62. The SMILES string of the molecule is COC[C@H]1N2C/C=C\COc3ccccc3CN1n1ccc(=O)c(O)c1C2=O.c1ccccc1. The second-order valence-corrected chi connectivity index (χ2v) is 7.76. The predicted octanol–water partition coefficient (Wildman–Crippen LogP) is 2.76. The number of para-hydroxylation sites is 1. The van der Waals surface area contributed by atoms with E-state index in [0.29, 0.717) is 19.7 Å². The minimum atomic E-state index is -0.590. The van der Waals surface area contributed by atoms with E-state index in [2.05, 4.69) is 0 Å². The Balaban J connectivity index is 0.000000398. The third-order valence-electron chi connectivity index (χ3n) is 5.59. The van der Waals surface area contributed by atoms with Crippen LogP contribution in [0, 0.1) is 0 Å². The zero-order chi connectivity index (χ0) is 23.9. The van der Waals surface area contributed by atoms with Crippen molar-refractivity contribution in [1.29, 1.82) is 0 Å². The Kier molecular flexibility index (Phi) is 7.29. The van der Waals surface area contributed by atoms with Gasteiger partial charge < -0.3 is 19.5 Å². The van der Waals surface area contributed by atoms with E-state index >= 15 is 0 Å². The van der Waals surface area contributed by atoms with Gasteiger partial charge in [0.2, 0.25) is 5.43 Å². The number of fused-ring (bicyclic) bond motifs is 5. The van der Waals surface area contributed by atoms with Crippen LogP contribution >= 0.6 is 0 Å². The molecule has 1 N–H and O–H groups in total. The number of carbonyl (C=O) groups excluding carboxylic acids is 1. The van der Waals surface area contributed by atoms with Crippen LogP contribution in [0.3, 0.4) is 0 Å². The Morgan fingerprint density at radius 1 is 1.00 bits per heavy atom. The van der Waals surface area contributed by atoms with Crippen molar-refractivity contribution >= 4 is 5.91 Å².